The van der Waals surface area contributed by atoms with E-state index in [-0.39, 0.29) is 18.1 Å². The number of aryl methyl sites for hydroxylation is 1. The summed E-state index contributed by atoms with van der Waals surface area (Å²) in [6.45, 7) is 1.92. The molecular weight excluding hydrogens is 394 g/mol. The molecule has 148 valence electrons. The van der Waals surface area contributed by atoms with Crippen LogP contribution in [0.1, 0.15) is 48.0 Å². The van der Waals surface area contributed by atoms with Crippen LogP contribution in [0.3, 0.4) is 0 Å². The monoisotopic (exact) mass is 417 g/mol. The lowest BCUT2D eigenvalue weighted by atomic mass is 9.94. The molecule has 1 aromatic carbocycles. The summed E-state index contributed by atoms with van der Waals surface area (Å²) < 4.78 is 0.981. The first-order chi connectivity index (χ1) is 13.5. The zero-order chi connectivity index (χ0) is 20.1. The van der Waals surface area contributed by atoms with Crippen molar-refractivity contribution in [3.05, 3.63) is 35.5 Å². The Kier molecular flexibility index (Phi) is 6.85. The highest BCUT2D eigenvalue weighted by Gasteiger charge is 2.26. The van der Waals surface area contributed by atoms with Crippen molar-refractivity contribution in [2.45, 2.75) is 43.2 Å². The summed E-state index contributed by atoms with van der Waals surface area (Å²) in [6.07, 6.45) is 7.21. The third-order valence-electron chi connectivity index (χ3n) is 4.69. The molecule has 2 N–H and O–H groups in total. The van der Waals surface area contributed by atoms with Gasteiger partial charge in [-0.05, 0) is 38.2 Å². The van der Waals surface area contributed by atoms with Gasteiger partial charge in [-0.2, -0.15) is 0 Å². The number of nitrogens with zero attached hydrogens (tertiary/aromatic N) is 1. The molecule has 0 unspecified atom stereocenters. The Bertz CT molecular complexity index is 889. The van der Waals surface area contributed by atoms with Crippen LogP contribution in [0.25, 0.3) is 0 Å². The highest BCUT2D eigenvalue weighted by Crippen LogP contribution is 2.31. The second-order valence-corrected chi connectivity index (χ2v) is 8.99. The molecule has 28 heavy (non-hydrogen) atoms. The summed E-state index contributed by atoms with van der Waals surface area (Å²) in [5.41, 5.74) is 1.97. The van der Waals surface area contributed by atoms with Gasteiger partial charge in [0.2, 0.25) is 11.8 Å². The number of thioether (sulfide) groups is 1. The maximum Gasteiger partial charge on any atom is 0.235 e. The minimum absolute atomic E-state index is 0.0243. The van der Waals surface area contributed by atoms with Gasteiger partial charge in [0.1, 0.15) is 6.42 Å². The number of hydrogen-bond acceptors (Lipinski definition) is 6. The number of ketones is 1. The molecule has 0 atom stereocenters. The Morgan fingerprint density at radius 1 is 1.18 bits per heavy atom. The molecule has 0 radical (unpaired) electrons. The maximum absolute atomic E-state index is 12.9. The molecule has 0 spiro atoms. The zero-order valence-electron chi connectivity index (χ0n) is 15.9. The molecule has 1 fully saturated rings. The van der Waals surface area contributed by atoms with Crippen molar-refractivity contribution < 1.29 is 14.4 Å². The highest BCUT2D eigenvalue weighted by molar-refractivity contribution is 8.00. The number of hydrogen-bond donors (Lipinski definition) is 2. The molecule has 1 saturated carbocycles. The Morgan fingerprint density at radius 3 is 2.57 bits per heavy atom. The number of nitrogens with one attached hydrogen (secondary N) is 2. The number of thiazole rings is 1. The van der Waals surface area contributed by atoms with Crippen molar-refractivity contribution in [1.29, 1.82) is 0 Å². The van der Waals surface area contributed by atoms with E-state index in [0.717, 1.165) is 35.5 Å². The van der Waals surface area contributed by atoms with Crippen LogP contribution in [0.15, 0.2) is 28.6 Å². The van der Waals surface area contributed by atoms with Crippen molar-refractivity contribution in [3.8, 4) is 0 Å². The molecule has 8 heteroatoms. The van der Waals surface area contributed by atoms with E-state index >= 15 is 0 Å². The van der Waals surface area contributed by atoms with Crippen molar-refractivity contribution in [2.24, 2.45) is 5.92 Å². The summed E-state index contributed by atoms with van der Waals surface area (Å²) in [5.74, 6) is -0.789. The molecule has 0 saturated heterocycles. The van der Waals surface area contributed by atoms with Gasteiger partial charge in [-0.1, -0.05) is 35.8 Å². The molecule has 2 amide bonds. The van der Waals surface area contributed by atoms with Crippen LogP contribution in [-0.4, -0.2) is 28.8 Å². The second kappa shape index (κ2) is 9.34. The van der Waals surface area contributed by atoms with Gasteiger partial charge in [-0.25, -0.2) is 4.98 Å². The van der Waals surface area contributed by atoms with Gasteiger partial charge in [0.25, 0.3) is 0 Å². The van der Waals surface area contributed by atoms with Crippen molar-refractivity contribution in [3.63, 3.8) is 0 Å². The lowest BCUT2D eigenvalue weighted by Gasteiger charge is -2.14. The summed E-state index contributed by atoms with van der Waals surface area (Å²) in [5, 5.41) is 5.83. The van der Waals surface area contributed by atoms with Gasteiger partial charge in [-0.15, -0.1) is 11.8 Å². The molecule has 1 heterocycles. The van der Waals surface area contributed by atoms with Gasteiger partial charge in [0.05, 0.1) is 16.1 Å². The van der Waals surface area contributed by atoms with Crippen molar-refractivity contribution >= 4 is 51.5 Å². The minimum Gasteiger partial charge on any atom is -0.325 e. The molecular formula is C20H23N3O3S2. The summed E-state index contributed by atoms with van der Waals surface area (Å²) >= 11 is 2.90. The molecule has 1 aliphatic carbocycles. The van der Waals surface area contributed by atoms with Crippen LogP contribution in [0.4, 0.5) is 10.8 Å². The molecule has 1 aromatic heterocycles. The number of carbonyl (C=O) groups excluding carboxylic acids is 3. The van der Waals surface area contributed by atoms with E-state index in [0.29, 0.717) is 16.4 Å². The molecule has 0 bridgehead atoms. The molecule has 6 nitrogen and oxygen atoms in total. The lowest BCUT2D eigenvalue weighted by molar-refractivity contribution is -0.123. The van der Waals surface area contributed by atoms with Crippen LogP contribution in [0.5, 0.6) is 0 Å². The van der Waals surface area contributed by atoms with E-state index in [9.17, 15) is 14.4 Å². The third-order valence-corrected chi connectivity index (χ3v) is 6.66. The lowest BCUT2D eigenvalue weighted by Crippen LogP contribution is -2.23. The van der Waals surface area contributed by atoms with Crippen molar-refractivity contribution in [1.82, 2.24) is 4.98 Å². The Morgan fingerprint density at radius 2 is 1.89 bits per heavy atom. The SMILES string of the molecule is CSc1cnc(NC(=O)CC(=O)Nc2ccc(C)cc2C(=O)C2CCCC2)s1. The molecule has 3 rings (SSSR count). The van der Waals surface area contributed by atoms with Gasteiger partial charge in [-0.3, -0.25) is 14.4 Å². The van der Waals surface area contributed by atoms with Gasteiger partial charge in [0, 0.05) is 11.5 Å². The highest BCUT2D eigenvalue weighted by atomic mass is 32.2. The normalized spacial score (nSPS) is 14.1. The number of rotatable bonds is 7. The van der Waals surface area contributed by atoms with Gasteiger partial charge in [0.15, 0.2) is 10.9 Å². The number of anilines is 2. The average Bonchev–Trinajstić information content (AvgIpc) is 3.34. The number of carbonyl (C=O) groups is 3. The fraction of sp³-hybridized carbons (Fsp3) is 0.400. The predicted molar refractivity (Wildman–Crippen MR) is 113 cm³/mol. The first-order valence-corrected chi connectivity index (χ1v) is 11.2. The van der Waals surface area contributed by atoms with Crippen LogP contribution in [0.2, 0.25) is 0 Å². The number of aromatic nitrogens is 1. The smallest absolute Gasteiger partial charge is 0.235 e. The van der Waals surface area contributed by atoms with E-state index < -0.39 is 11.8 Å². The predicted octanol–water partition coefficient (Wildman–Crippen LogP) is 4.51. The zero-order valence-corrected chi connectivity index (χ0v) is 17.5. The fourth-order valence-electron chi connectivity index (χ4n) is 3.29. The van der Waals surface area contributed by atoms with Crippen LogP contribution in [0, 0.1) is 12.8 Å². The number of amides is 2. The molecule has 0 aliphatic heterocycles. The van der Waals surface area contributed by atoms with Gasteiger partial charge < -0.3 is 10.6 Å². The van der Waals surface area contributed by atoms with E-state index in [4.69, 9.17) is 0 Å². The van der Waals surface area contributed by atoms with E-state index in [1.807, 2.05) is 25.3 Å². The van der Waals surface area contributed by atoms with E-state index in [1.54, 1.807) is 24.0 Å². The first kappa shape index (κ1) is 20.5. The van der Waals surface area contributed by atoms with E-state index in [1.165, 1.54) is 11.3 Å². The topological polar surface area (TPSA) is 88.2 Å². The van der Waals surface area contributed by atoms with Gasteiger partial charge >= 0.3 is 0 Å². The summed E-state index contributed by atoms with van der Waals surface area (Å²) in [4.78, 5) is 41.4. The Labute approximate surface area is 172 Å². The number of benzene rings is 1. The first-order valence-electron chi connectivity index (χ1n) is 9.20. The maximum atomic E-state index is 12.9. The molecule has 1 aliphatic rings. The summed E-state index contributed by atoms with van der Waals surface area (Å²) in [6, 6.07) is 5.40. The Balaban J connectivity index is 1.64. The minimum atomic E-state index is -0.455. The summed E-state index contributed by atoms with van der Waals surface area (Å²) in [7, 11) is 0. The van der Waals surface area contributed by atoms with Crippen molar-refractivity contribution in [2.75, 3.05) is 16.9 Å². The standard InChI is InChI=1S/C20H23N3O3S2/c1-12-7-8-15(14(9-12)19(26)13-5-3-4-6-13)22-16(24)10-17(25)23-20-21-11-18(27-2)28-20/h7-9,11,13H,3-6,10H2,1-2H3,(H,22,24)(H,21,23,25). The Hall–Kier alpha value is -2.19. The molecule has 2 aromatic rings. The average molecular weight is 418 g/mol. The van der Waals surface area contributed by atoms with Crippen LogP contribution < -0.4 is 10.6 Å². The quantitative estimate of drug-likeness (QED) is 0.393. The van der Waals surface area contributed by atoms with Crippen LogP contribution in [-0.2, 0) is 9.59 Å². The second-order valence-electron chi connectivity index (χ2n) is 6.86. The largest absolute Gasteiger partial charge is 0.325 e. The fourth-order valence-corrected chi connectivity index (χ4v) is 4.59. The number of Topliss-reactive ketones (excluding diaryl/α,β-unsaturated/α-hetero) is 1. The van der Waals surface area contributed by atoms with E-state index in [2.05, 4.69) is 15.6 Å². The third kappa shape index (κ3) is 5.20. The van der Waals surface area contributed by atoms with Crippen LogP contribution >= 0.6 is 23.1 Å².